The number of nitrogens with one attached hydrogen (secondary N) is 1. The molecule has 0 spiro atoms. The van der Waals surface area contributed by atoms with Crippen LogP contribution in [0, 0.1) is 0 Å². The van der Waals surface area contributed by atoms with Crippen LogP contribution in [0.2, 0.25) is 0 Å². The average molecular weight is 325 g/mol. The topological polar surface area (TPSA) is 46.2 Å². The van der Waals surface area contributed by atoms with Crippen LogP contribution in [0.1, 0.15) is 18.4 Å². The van der Waals surface area contributed by atoms with E-state index in [-0.39, 0.29) is 5.92 Å². The normalized spacial score (nSPS) is 13.1. The monoisotopic (exact) mass is 325 g/mol. The summed E-state index contributed by atoms with van der Waals surface area (Å²) >= 11 is 0. The SMILES string of the molecule is CC(CNS(=O)(=O)c1ccc2ccccc2c1)c1ccccc1. The Morgan fingerprint density at radius 2 is 1.52 bits per heavy atom. The van der Waals surface area contributed by atoms with Crippen molar-refractivity contribution in [3.05, 3.63) is 78.4 Å². The minimum absolute atomic E-state index is 0.117. The van der Waals surface area contributed by atoms with E-state index in [1.54, 1.807) is 12.1 Å². The summed E-state index contributed by atoms with van der Waals surface area (Å²) in [5, 5.41) is 1.95. The molecule has 0 amide bonds. The zero-order chi connectivity index (χ0) is 16.3. The van der Waals surface area contributed by atoms with E-state index in [1.165, 1.54) is 0 Å². The minimum Gasteiger partial charge on any atom is -0.211 e. The van der Waals surface area contributed by atoms with Crippen molar-refractivity contribution in [2.75, 3.05) is 6.54 Å². The molecule has 4 heteroatoms. The average Bonchev–Trinajstić information content (AvgIpc) is 2.60. The smallest absolute Gasteiger partial charge is 0.211 e. The molecule has 1 atom stereocenters. The summed E-state index contributed by atoms with van der Waals surface area (Å²) in [6.07, 6.45) is 0. The minimum atomic E-state index is -3.50. The molecular weight excluding hydrogens is 306 g/mol. The largest absolute Gasteiger partial charge is 0.240 e. The molecule has 118 valence electrons. The lowest BCUT2D eigenvalue weighted by molar-refractivity contribution is 0.575. The lowest BCUT2D eigenvalue weighted by atomic mass is 10.0. The molecule has 3 aromatic carbocycles. The van der Waals surface area contributed by atoms with E-state index in [1.807, 2.05) is 67.6 Å². The van der Waals surface area contributed by atoms with Gasteiger partial charge < -0.3 is 0 Å². The van der Waals surface area contributed by atoms with Gasteiger partial charge in [0.2, 0.25) is 10.0 Å². The second-order valence-corrected chi connectivity index (χ2v) is 7.44. The molecule has 3 nitrogen and oxygen atoms in total. The van der Waals surface area contributed by atoms with Gasteiger partial charge in [0, 0.05) is 6.54 Å². The molecule has 0 aliphatic carbocycles. The highest BCUT2D eigenvalue weighted by Gasteiger charge is 2.16. The lowest BCUT2D eigenvalue weighted by Crippen LogP contribution is -2.27. The first-order valence-electron chi connectivity index (χ1n) is 7.60. The first kappa shape index (κ1) is 15.7. The predicted molar refractivity (Wildman–Crippen MR) is 94.0 cm³/mol. The van der Waals surface area contributed by atoms with Crippen LogP contribution in [-0.2, 0) is 10.0 Å². The summed E-state index contributed by atoms with van der Waals surface area (Å²) in [7, 11) is -3.50. The van der Waals surface area contributed by atoms with E-state index < -0.39 is 10.0 Å². The summed E-state index contributed by atoms with van der Waals surface area (Å²) in [5.74, 6) is 0.117. The van der Waals surface area contributed by atoms with Crippen molar-refractivity contribution >= 4 is 20.8 Å². The van der Waals surface area contributed by atoms with Gasteiger partial charge in [0.05, 0.1) is 4.90 Å². The molecule has 0 heterocycles. The van der Waals surface area contributed by atoms with Gasteiger partial charge in [-0.1, -0.05) is 67.6 Å². The van der Waals surface area contributed by atoms with Crippen LogP contribution >= 0.6 is 0 Å². The van der Waals surface area contributed by atoms with Gasteiger partial charge in [-0.25, -0.2) is 13.1 Å². The quantitative estimate of drug-likeness (QED) is 0.773. The van der Waals surface area contributed by atoms with Crippen LogP contribution in [-0.4, -0.2) is 15.0 Å². The van der Waals surface area contributed by atoms with Crippen molar-refractivity contribution < 1.29 is 8.42 Å². The zero-order valence-corrected chi connectivity index (χ0v) is 13.8. The third-order valence-electron chi connectivity index (χ3n) is 3.98. The van der Waals surface area contributed by atoms with Gasteiger partial charge in [-0.3, -0.25) is 0 Å². The van der Waals surface area contributed by atoms with Gasteiger partial charge in [-0.05, 0) is 34.4 Å². The summed E-state index contributed by atoms with van der Waals surface area (Å²) in [6, 6.07) is 22.8. The zero-order valence-electron chi connectivity index (χ0n) is 12.9. The van der Waals surface area contributed by atoms with Gasteiger partial charge in [0.1, 0.15) is 0 Å². The Morgan fingerprint density at radius 3 is 2.26 bits per heavy atom. The van der Waals surface area contributed by atoms with E-state index >= 15 is 0 Å². The van der Waals surface area contributed by atoms with Gasteiger partial charge in [-0.2, -0.15) is 0 Å². The van der Waals surface area contributed by atoms with Crippen molar-refractivity contribution in [2.24, 2.45) is 0 Å². The molecule has 0 aliphatic rings. The molecule has 3 aromatic rings. The summed E-state index contributed by atoms with van der Waals surface area (Å²) in [5.41, 5.74) is 1.12. The molecule has 1 unspecified atom stereocenters. The lowest BCUT2D eigenvalue weighted by Gasteiger charge is -2.13. The van der Waals surface area contributed by atoms with Crippen molar-refractivity contribution in [2.45, 2.75) is 17.7 Å². The first-order chi connectivity index (χ1) is 11.1. The Balaban J connectivity index is 1.78. The molecule has 0 saturated heterocycles. The number of rotatable bonds is 5. The fourth-order valence-electron chi connectivity index (χ4n) is 2.55. The van der Waals surface area contributed by atoms with Crippen LogP contribution in [0.25, 0.3) is 10.8 Å². The molecule has 0 fully saturated rings. The van der Waals surface area contributed by atoms with Crippen molar-refractivity contribution in [1.29, 1.82) is 0 Å². The summed E-state index contributed by atoms with van der Waals surface area (Å²) in [4.78, 5) is 0.302. The highest BCUT2D eigenvalue weighted by molar-refractivity contribution is 7.89. The molecule has 0 aliphatic heterocycles. The molecule has 0 bridgehead atoms. The molecule has 0 radical (unpaired) electrons. The van der Waals surface area contributed by atoms with Crippen LogP contribution in [0.3, 0.4) is 0 Å². The third kappa shape index (κ3) is 3.60. The molecule has 1 N–H and O–H groups in total. The molecular formula is C19H19NO2S. The van der Waals surface area contributed by atoms with Crippen LogP contribution in [0.4, 0.5) is 0 Å². The van der Waals surface area contributed by atoms with E-state index in [2.05, 4.69) is 4.72 Å². The van der Waals surface area contributed by atoms with Crippen molar-refractivity contribution in [3.8, 4) is 0 Å². The Labute approximate surface area is 137 Å². The van der Waals surface area contributed by atoms with Gasteiger partial charge in [0.25, 0.3) is 0 Å². The fourth-order valence-corrected chi connectivity index (χ4v) is 3.72. The Kier molecular flexibility index (Phi) is 4.46. The Morgan fingerprint density at radius 1 is 0.870 bits per heavy atom. The van der Waals surface area contributed by atoms with Crippen LogP contribution in [0.5, 0.6) is 0 Å². The number of hydrogen-bond acceptors (Lipinski definition) is 2. The standard InChI is InChI=1S/C19H19NO2S/c1-15(16-7-3-2-4-8-16)14-20-23(21,22)19-12-11-17-9-5-6-10-18(17)13-19/h2-13,15,20H,14H2,1H3. The van der Waals surface area contributed by atoms with Crippen LogP contribution < -0.4 is 4.72 Å². The maximum atomic E-state index is 12.5. The maximum Gasteiger partial charge on any atom is 0.240 e. The number of sulfonamides is 1. The van der Waals surface area contributed by atoms with Gasteiger partial charge >= 0.3 is 0 Å². The third-order valence-corrected chi connectivity index (χ3v) is 5.40. The van der Waals surface area contributed by atoms with Crippen molar-refractivity contribution in [3.63, 3.8) is 0 Å². The highest BCUT2D eigenvalue weighted by atomic mass is 32.2. The molecule has 0 saturated carbocycles. The van der Waals surface area contributed by atoms with Crippen LogP contribution in [0.15, 0.2) is 77.7 Å². The van der Waals surface area contributed by atoms with Gasteiger partial charge in [-0.15, -0.1) is 0 Å². The van der Waals surface area contributed by atoms with E-state index in [9.17, 15) is 8.42 Å². The summed E-state index contributed by atoms with van der Waals surface area (Å²) < 4.78 is 27.7. The van der Waals surface area contributed by atoms with E-state index in [0.29, 0.717) is 11.4 Å². The molecule has 3 rings (SSSR count). The van der Waals surface area contributed by atoms with E-state index in [0.717, 1.165) is 16.3 Å². The second-order valence-electron chi connectivity index (χ2n) is 5.67. The predicted octanol–water partition coefficient (Wildman–Crippen LogP) is 3.92. The number of fused-ring (bicyclic) bond motifs is 1. The molecule has 0 aromatic heterocycles. The highest BCUT2D eigenvalue weighted by Crippen LogP contribution is 2.20. The Bertz CT molecular complexity index is 905. The Hall–Kier alpha value is -2.17. The molecule has 23 heavy (non-hydrogen) atoms. The fraction of sp³-hybridized carbons (Fsp3) is 0.158. The maximum absolute atomic E-state index is 12.5. The number of hydrogen-bond donors (Lipinski definition) is 1. The number of benzene rings is 3. The van der Waals surface area contributed by atoms with Crippen molar-refractivity contribution in [1.82, 2.24) is 4.72 Å². The summed E-state index contributed by atoms with van der Waals surface area (Å²) in [6.45, 7) is 2.39. The first-order valence-corrected chi connectivity index (χ1v) is 9.08. The van der Waals surface area contributed by atoms with Gasteiger partial charge in [0.15, 0.2) is 0 Å². The van der Waals surface area contributed by atoms with E-state index in [4.69, 9.17) is 0 Å². The second kappa shape index (κ2) is 6.52.